The maximum Gasteiger partial charge on any atom is 0.125 e. The lowest BCUT2D eigenvalue weighted by atomic mass is 10.0. The van der Waals surface area contributed by atoms with Gasteiger partial charge in [0.1, 0.15) is 5.82 Å². The molecule has 0 aliphatic heterocycles. The van der Waals surface area contributed by atoms with Gasteiger partial charge in [-0.3, -0.25) is 4.98 Å². The summed E-state index contributed by atoms with van der Waals surface area (Å²) in [5.74, 6) is -0.290. The van der Waals surface area contributed by atoms with Crippen LogP contribution in [0.4, 0.5) is 10.1 Å². The van der Waals surface area contributed by atoms with Gasteiger partial charge in [0.25, 0.3) is 0 Å². The van der Waals surface area contributed by atoms with E-state index in [1.54, 1.807) is 12.4 Å². The second-order valence-corrected chi connectivity index (χ2v) is 3.82. The van der Waals surface area contributed by atoms with Crippen molar-refractivity contribution in [2.24, 2.45) is 0 Å². The van der Waals surface area contributed by atoms with Crippen LogP contribution < -0.4 is 5.73 Å². The van der Waals surface area contributed by atoms with Crippen molar-refractivity contribution in [3.63, 3.8) is 0 Å². The Balaban J connectivity index is 2.35. The van der Waals surface area contributed by atoms with Gasteiger partial charge in [-0.25, -0.2) is 4.39 Å². The Labute approximate surface area is 93.9 Å². The topological polar surface area (TPSA) is 38.9 Å². The van der Waals surface area contributed by atoms with Gasteiger partial charge in [0.05, 0.1) is 0 Å². The number of benzene rings is 1. The molecule has 0 unspecified atom stereocenters. The second kappa shape index (κ2) is 4.31. The summed E-state index contributed by atoms with van der Waals surface area (Å²) in [6.07, 6.45) is 4.15. The van der Waals surface area contributed by atoms with Gasteiger partial charge >= 0.3 is 0 Å². The van der Waals surface area contributed by atoms with E-state index in [-0.39, 0.29) is 5.82 Å². The molecule has 2 rings (SSSR count). The summed E-state index contributed by atoms with van der Waals surface area (Å²) in [6, 6.07) is 6.71. The number of hydrogen-bond donors (Lipinski definition) is 1. The Hall–Kier alpha value is -1.90. The van der Waals surface area contributed by atoms with E-state index in [2.05, 4.69) is 4.98 Å². The van der Waals surface area contributed by atoms with Crippen LogP contribution in [0.25, 0.3) is 0 Å². The van der Waals surface area contributed by atoms with Crippen LogP contribution in [-0.2, 0) is 6.42 Å². The van der Waals surface area contributed by atoms with Crippen LogP contribution in [0.3, 0.4) is 0 Å². The van der Waals surface area contributed by atoms with Gasteiger partial charge in [-0.05, 0) is 48.2 Å². The molecule has 0 bridgehead atoms. The predicted octanol–water partition coefficient (Wildman–Crippen LogP) is 2.70. The zero-order valence-corrected chi connectivity index (χ0v) is 9.07. The maximum atomic E-state index is 13.2. The minimum Gasteiger partial charge on any atom is -0.398 e. The molecule has 0 aliphatic rings. The molecule has 0 saturated heterocycles. The summed E-state index contributed by atoms with van der Waals surface area (Å²) in [5.41, 5.74) is 9.11. The molecule has 1 aromatic carbocycles. The number of anilines is 1. The number of nitrogens with zero attached hydrogens (tertiary/aromatic N) is 1. The number of halogens is 1. The van der Waals surface area contributed by atoms with Gasteiger partial charge in [0.2, 0.25) is 0 Å². The van der Waals surface area contributed by atoms with Gasteiger partial charge in [-0.1, -0.05) is 6.07 Å². The summed E-state index contributed by atoms with van der Waals surface area (Å²) in [5, 5.41) is 0. The summed E-state index contributed by atoms with van der Waals surface area (Å²) in [6.45, 7) is 1.90. The fourth-order valence-electron chi connectivity index (χ4n) is 1.66. The average Bonchev–Trinajstić information content (AvgIpc) is 2.27. The Kier molecular flexibility index (Phi) is 2.86. The minimum atomic E-state index is -0.290. The van der Waals surface area contributed by atoms with Crippen LogP contribution >= 0.6 is 0 Å². The number of pyridine rings is 1. The first-order valence-electron chi connectivity index (χ1n) is 5.10. The van der Waals surface area contributed by atoms with E-state index >= 15 is 0 Å². The molecule has 0 spiro atoms. The van der Waals surface area contributed by atoms with Gasteiger partial charge in [0, 0.05) is 18.1 Å². The Morgan fingerprint density at radius 2 is 2.19 bits per heavy atom. The van der Waals surface area contributed by atoms with Crippen LogP contribution in [0.5, 0.6) is 0 Å². The molecule has 16 heavy (non-hydrogen) atoms. The van der Waals surface area contributed by atoms with E-state index in [9.17, 15) is 4.39 Å². The highest BCUT2D eigenvalue weighted by Crippen LogP contribution is 2.20. The fraction of sp³-hybridized carbons (Fsp3) is 0.154. The minimum absolute atomic E-state index is 0.290. The van der Waals surface area contributed by atoms with Gasteiger partial charge in [-0.2, -0.15) is 0 Å². The molecular formula is C13H13FN2. The van der Waals surface area contributed by atoms with Gasteiger partial charge in [-0.15, -0.1) is 0 Å². The standard InChI is InChI=1S/C13H13FN2/c1-9-11(6-12(14)7-13(9)15)5-10-3-2-4-16-8-10/h2-4,6-8H,5,15H2,1H3. The second-order valence-electron chi connectivity index (χ2n) is 3.82. The quantitative estimate of drug-likeness (QED) is 0.784. The number of nitrogens with two attached hydrogens (primary N) is 1. The van der Waals surface area contributed by atoms with Gasteiger partial charge < -0.3 is 5.73 Å². The zero-order chi connectivity index (χ0) is 11.5. The molecule has 2 N–H and O–H groups in total. The van der Waals surface area contributed by atoms with Crippen molar-refractivity contribution in [1.82, 2.24) is 4.98 Å². The van der Waals surface area contributed by atoms with Crippen LogP contribution in [0, 0.1) is 12.7 Å². The SMILES string of the molecule is Cc1c(N)cc(F)cc1Cc1cccnc1. The van der Waals surface area contributed by atoms with Crippen molar-refractivity contribution in [2.75, 3.05) is 5.73 Å². The molecule has 0 amide bonds. The molecule has 2 aromatic rings. The van der Waals surface area contributed by atoms with Crippen molar-refractivity contribution >= 4 is 5.69 Å². The smallest absolute Gasteiger partial charge is 0.125 e. The highest BCUT2D eigenvalue weighted by molar-refractivity contribution is 5.51. The molecule has 2 nitrogen and oxygen atoms in total. The lowest BCUT2D eigenvalue weighted by Crippen LogP contribution is -1.98. The van der Waals surface area contributed by atoms with Gasteiger partial charge in [0.15, 0.2) is 0 Å². The third-order valence-corrected chi connectivity index (χ3v) is 2.64. The molecular weight excluding hydrogens is 203 g/mol. The van der Waals surface area contributed by atoms with Crippen LogP contribution in [0.2, 0.25) is 0 Å². The number of rotatable bonds is 2. The van der Waals surface area contributed by atoms with Crippen LogP contribution in [0.1, 0.15) is 16.7 Å². The van der Waals surface area contributed by atoms with E-state index in [0.717, 1.165) is 16.7 Å². The highest BCUT2D eigenvalue weighted by Gasteiger charge is 2.05. The largest absolute Gasteiger partial charge is 0.398 e. The van der Waals surface area contributed by atoms with E-state index in [1.165, 1.54) is 12.1 Å². The molecule has 0 saturated carbocycles. The third kappa shape index (κ3) is 2.19. The normalized spacial score (nSPS) is 10.4. The van der Waals surface area contributed by atoms with Crippen molar-refractivity contribution in [3.8, 4) is 0 Å². The van der Waals surface area contributed by atoms with Crippen molar-refractivity contribution in [2.45, 2.75) is 13.3 Å². The third-order valence-electron chi connectivity index (χ3n) is 2.64. The molecule has 0 atom stereocenters. The number of aromatic nitrogens is 1. The van der Waals surface area contributed by atoms with Crippen molar-refractivity contribution in [3.05, 3.63) is 59.2 Å². The van der Waals surface area contributed by atoms with Crippen molar-refractivity contribution in [1.29, 1.82) is 0 Å². The molecule has 3 heteroatoms. The predicted molar refractivity (Wildman–Crippen MR) is 62.6 cm³/mol. The summed E-state index contributed by atoms with van der Waals surface area (Å²) >= 11 is 0. The number of hydrogen-bond acceptors (Lipinski definition) is 2. The molecule has 82 valence electrons. The van der Waals surface area contributed by atoms with E-state index in [1.807, 2.05) is 19.1 Å². The molecule has 0 radical (unpaired) electrons. The lowest BCUT2D eigenvalue weighted by molar-refractivity contribution is 0.626. The first-order valence-corrected chi connectivity index (χ1v) is 5.10. The Bertz CT molecular complexity index is 495. The van der Waals surface area contributed by atoms with E-state index in [4.69, 9.17) is 5.73 Å². The summed E-state index contributed by atoms with van der Waals surface area (Å²) in [4.78, 5) is 4.03. The Morgan fingerprint density at radius 3 is 2.88 bits per heavy atom. The molecule has 0 fully saturated rings. The van der Waals surface area contributed by atoms with Crippen LogP contribution in [0.15, 0.2) is 36.7 Å². The molecule has 0 aliphatic carbocycles. The monoisotopic (exact) mass is 216 g/mol. The molecule has 1 aromatic heterocycles. The maximum absolute atomic E-state index is 13.2. The van der Waals surface area contributed by atoms with E-state index < -0.39 is 0 Å². The first-order chi connectivity index (χ1) is 7.66. The van der Waals surface area contributed by atoms with E-state index in [0.29, 0.717) is 12.1 Å². The van der Waals surface area contributed by atoms with Crippen molar-refractivity contribution < 1.29 is 4.39 Å². The first kappa shape index (κ1) is 10.6. The highest BCUT2D eigenvalue weighted by atomic mass is 19.1. The Morgan fingerprint density at radius 1 is 1.38 bits per heavy atom. The van der Waals surface area contributed by atoms with Crippen LogP contribution in [-0.4, -0.2) is 4.98 Å². The zero-order valence-electron chi connectivity index (χ0n) is 9.07. The summed E-state index contributed by atoms with van der Waals surface area (Å²) in [7, 11) is 0. The fourth-order valence-corrected chi connectivity index (χ4v) is 1.66. The lowest BCUT2D eigenvalue weighted by Gasteiger charge is -2.08. The summed E-state index contributed by atoms with van der Waals surface area (Å²) < 4.78 is 13.2. The average molecular weight is 216 g/mol. The number of nitrogen functional groups attached to an aromatic ring is 1. The molecule has 1 heterocycles.